The van der Waals surface area contributed by atoms with Crippen molar-refractivity contribution in [3.8, 4) is 6.07 Å². The van der Waals surface area contributed by atoms with Crippen molar-refractivity contribution < 1.29 is 8.42 Å². The van der Waals surface area contributed by atoms with Gasteiger partial charge < -0.3 is 5.73 Å². The average molecular weight is 314 g/mol. The molecule has 2 N–H and O–H groups in total. The first-order valence-electron chi connectivity index (χ1n) is 6.31. The molecule has 2 atom stereocenters. The fraction of sp³-hybridized carbons (Fsp3) is 0.462. The van der Waals surface area contributed by atoms with E-state index in [1.807, 2.05) is 13.0 Å². The summed E-state index contributed by atoms with van der Waals surface area (Å²) in [6.45, 7) is 2.78. The number of hydrogen-bond donors (Lipinski definition) is 1. The number of rotatable bonds is 3. The zero-order valence-corrected chi connectivity index (χ0v) is 12.7. The van der Waals surface area contributed by atoms with Gasteiger partial charge >= 0.3 is 0 Å². The van der Waals surface area contributed by atoms with E-state index in [4.69, 9.17) is 22.6 Å². The summed E-state index contributed by atoms with van der Waals surface area (Å²) in [7, 11) is -3.57. The molecule has 2 unspecified atom stereocenters. The monoisotopic (exact) mass is 313 g/mol. The van der Waals surface area contributed by atoms with Crippen LogP contribution < -0.4 is 5.73 Å². The highest BCUT2D eigenvalue weighted by molar-refractivity contribution is 7.89. The Kier molecular flexibility index (Phi) is 4.35. The summed E-state index contributed by atoms with van der Waals surface area (Å²) < 4.78 is 26.4. The Morgan fingerprint density at radius 2 is 2.25 bits per heavy atom. The lowest BCUT2D eigenvalue weighted by molar-refractivity contribution is 0.429. The first kappa shape index (κ1) is 15.3. The number of hydrogen-bond acceptors (Lipinski definition) is 4. The third kappa shape index (κ3) is 2.81. The standard InChI is InChI=1S/C13H16ClN3O2S/c1-9(16)11-4-5-17(8-11)20(18,19)12-3-2-10(7-15)13(14)6-12/h2-3,6,9,11H,4-5,8,16H2,1H3. The second kappa shape index (κ2) is 5.70. The van der Waals surface area contributed by atoms with Crippen molar-refractivity contribution in [3.05, 3.63) is 28.8 Å². The van der Waals surface area contributed by atoms with Gasteiger partial charge in [0.1, 0.15) is 6.07 Å². The lowest BCUT2D eigenvalue weighted by Crippen LogP contribution is -2.33. The molecule has 7 heteroatoms. The van der Waals surface area contributed by atoms with Crippen LogP contribution in [-0.4, -0.2) is 31.9 Å². The van der Waals surface area contributed by atoms with Gasteiger partial charge in [-0.15, -0.1) is 0 Å². The van der Waals surface area contributed by atoms with Crippen LogP contribution in [0, 0.1) is 17.2 Å². The molecule has 1 saturated heterocycles. The maximum Gasteiger partial charge on any atom is 0.243 e. The fourth-order valence-electron chi connectivity index (χ4n) is 2.30. The van der Waals surface area contributed by atoms with Gasteiger partial charge in [-0.2, -0.15) is 9.57 Å². The molecule has 0 amide bonds. The van der Waals surface area contributed by atoms with Crippen LogP contribution in [0.1, 0.15) is 18.9 Å². The van der Waals surface area contributed by atoms with Crippen molar-refractivity contribution >= 4 is 21.6 Å². The van der Waals surface area contributed by atoms with Crippen LogP contribution in [0.3, 0.4) is 0 Å². The van der Waals surface area contributed by atoms with Gasteiger partial charge in [-0.25, -0.2) is 8.42 Å². The van der Waals surface area contributed by atoms with Gasteiger partial charge in [0.05, 0.1) is 15.5 Å². The lowest BCUT2D eigenvalue weighted by atomic mass is 10.0. The molecule has 0 aliphatic carbocycles. The minimum absolute atomic E-state index is 0.0280. The molecule has 1 heterocycles. The first-order chi connectivity index (χ1) is 9.36. The topological polar surface area (TPSA) is 87.2 Å². The Balaban J connectivity index is 2.28. The quantitative estimate of drug-likeness (QED) is 0.917. The number of nitrogens with two attached hydrogens (primary N) is 1. The number of nitrogens with zero attached hydrogens (tertiary/aromatic N) is 2. The number of halogens is 1. The van der Waals surface area contributed by atoms with Gasteiger partial charge in [-0.3, -0.25) is 0 Å². The number of benzene rings is 1. The molecule has 2 rings (SSSR count). The molecule has 0 spiro atoms. The smallest absolute Gasteiger partial charge is 0.243 e. The van der Waals surface area contributed by atoms with E-state index >= 15 is 0 Å². The van der Waals surface area contributed by atoms with Crippen molar-refractivity contribution in [3.63, 3.8) is 0 Å². The zero-order chi connectivity index (χ0) is 14.9. The average Bonchev–Trinajstić information content (AvgIpc) is 2.89. The maximum atomic E-state index is 12.5. The first-order valence-corrected chi connectivity index (χ1v) is 8.13. The van der Waals surface area contributed by atoms with E-state index in [0.29, 0.717) is 13.1 Å². The van der Waals surface area contributed by atoms with Crippen molar-refractivity contribution in [1.29, 1.82) is 5.26 Å². The molecule has 108 valence electrons. The van der Waals surface area contributed by atoms with Gasteiger partial charge in [0, 0.05) is 19.1 Å². The normalized spacial score (nSPS) is 21.6. The molecule has 0 radical (unpaired) electrons. The molecular weight excluding hydrogens is 298 g/mol. The molecule has 1 fully saturated rings. The summed E-state index contributed by atoms with van der Waals surface area (Å²) >= 11 is 5.90. The van der Waals surface area contributed by atoms with Gasteiger partial charge in [0.25, 0.3) is 0 Å². The summed E-state index contributed by atoms with van der Waals surface area (Å²) in [4.78, 5) is 0.117. The Bertz CT molecular complexity index is 652. The van der Waals surface area contributed by atoms with Crippen LogP contribution in [-0.2, 0) is 10.0 Å². The highest BCUT2D eigenvalue weighted by Gasteiger charge is 2.34. The van der Waals surface area contributed by atoms with Crippen molar-refractivity contribution in [1.82, 2.24) is 4.31 Å². The van der Waals surface area contributed by atoms with E-state index in [1.54, 1.807) is 0 Å². The van der Waals surface area contributed by atoms with Crippen molar-refractivity contribution in [2.24, 2.45) is 11.7 Å². The van der Waals surface area contributed by atoms with Crippen LogP contribution in [0.4, 0.5) is 0 Å². The largest absolute Gasteiger partial charge is 0.328 e. The molecule has 1 aliphatic heterocycles. The van der Waals surface area contributed by atoms with Crippen LogP contribution in [0.25, 0.3) is 0 Å². The fourth-order valence-corrected chi connectivity index (χ4v) is 4.12. The second-order valence-corrected chi connectivity index (χ2v) is 7.37. The van der Waals surface area contributed by atoms with Gasteiger partial charge in [-0.1, -0.05) is 11.6 Å². The van der Waals surface area contributed by atoms with E-state index in [0.717, 1.165) is 6.42 Å². The third-order valence-corrected chi connectivity index (χ3v) is 5.80. The van der Waals surface area contributed by atoms with Crippen LogP contribution in [0.2, 0.25) is 5.02 Å². The van der Waals surface area contributed by atoms with Gasteiger partial charge in [0.2, 0.25) is 10.0 Å². The molecular formula is C13H16ClN3O2S. The maximum absolute atomic E-state index is 12.5. The number of sulfonamides is 1. The van der Waals surface area contributed by atoms with Crippen LogP contribution in [0.15, 0.2) is 23.1 Å². The summed E-state index contributed by atoms with van der Waals surface area (Å²) in [6.07, 6.45) is 0.765. The van der Waals surface area contributed by atoms with Crippen molar-refractivity contribution in [2.75, 3.05) is 13.1 Å². The van der Waals surface area contributed by atoms with E-state index in [9.17, 15) is 8.42 Å². The summed E-state index contributed by atoms with van der Waals surface area (Å²) in [5, 5.41) is 8.96. The number of nitriles is 1. The second-order valence-electron chi connectivity index (χ2n) is 5.02. The SMILES string of the molecule is CC(N)C1CCN(S(=O)(=O)c2ccc(C#N)c(Cl)c2)C1. The van der Waals surface area contributed by atoms with Crippen molar-refractivity contribution in [2.45, 2.75) is 24.3 Å². The van der Waals surface area contributed by atoms with Gasteiger partial charge in [-0.05, 0) is 37.5 Å². The van der Waals surface area contributed by atoms with Crippen LogP contribution >= 0.6 is 11.6 Å². The Morgan fingerprint density at radius 1 is 1.55 bits per heavy atom. The Morgan fingerprint density at radius 3 is 2.75 bits per heavy atom. The zero-order valence-electron chi connectivity index (χ0n) is 11.1. The molecule has 1 aromatic carbocycles. The highest BCUT2D eigenvalue weighted by atomic mass is 35.5. The molecule has 5 nitrogen and oxygen atoms in total. The molecule has 0 aromatic heterocycles. The van der Waals surface area contributed by atoms with Crippen LogP contribution in [0.5, 0.6) is 0 Å². The highest BCUT2D eigenvalue weighted by Crippen LogP contribution is 2.28. The predicted molar refractivity (Wildman–Crippen MR) is 76.7 cm³/mol. The van der Waals surface area contributed by atoms with Gasteiger partial charge in [0.15, 0.2) is 0 Å². The minimum Gasteiger partial charge on any atom is -0.328 e. The predicted octanol–water partition coefficient (Wildman–Crippen LogP) is 1.57. The minimum atomic E-state index is -3.57. The van der Waals surface area contributed by atoms with E-state index < -0.39 is 10.0 Å². The van der Waals surface area contributed by atoms with E-state index in [1.165, 1.54) is 22.5 Å². The van der Waals surface area contributed by atoms with E-state index in [2.05, 4.69) is 0 Å². The Labute approximate surface area is 124 Å². The summed E-state index contributed by atoms with van der Waals surface area (Å²) in [5.41, 5.74) is 6.09. The van der Waals surface area contributed by atoms with E-state index in [-0.39, 0.29) is 27.4 Å². The third-order valence-electron chi connectivity index (χ3n) is 3.63. The lowest BCUT2D eigenvalue weighted by Gasteiger charge is -2.18. The summed E-state index contributed by atoms with van der Waals surface area (Å²) in [5.74, 6) is 0.179. The Hall–Kier alpha value is -1.13. The molecule has 0 saturated carbocycles. The molecule has 20 heavy (non-hydrogen) atoms. The molecule has 0 bridgehead atoms. The summed E-state index contributed by atoms with van der Waals surface area (Å²) in [6, 6.07) is 6.05. The molecule has 1 aromatic rings. The molecule has 1 aliphatic rings.